The molecule has 1 aliphatic rings. The van der Waals surface area contributed by atoms with Crippen LogP contribution >= 0.6 is 0 Å². The van der Waals surface area contributed by atoms with Crippen LogP contribution in [0.1, 0.15) is 48.0 Å². The summed E-state index contributed by atoms with van der Waals surface area (Å²) in [5.41, 5.74) is -2.61. The molecule has 1 aliphatic heterocycles. The van der Waals surface area contributed by atoms with Crippen LogP contribution in [0.5, 0.6) is 0 Å². The molecule has 0 bridgehead atoms. The number of anilines is 1. The Morgan fingerprint density at radius 1 is 1.07 bits per heavy atom. The van der Waals surface area contributed by atoms with E-state index in [0.717, 1.165) is 40.3 Å². The zero-order valence-electron chi connectivity index (χ0n) is 23.8. The highest BCUT2D eigenvalue weighted by Crippen LogP contribution is 2.33. The molecule has 3 atom stereocenters. The number of H-pyrrole nitrogens is 1. The van der Waals surface area contributed by atoms with Crippen molar-refractivity contribution >= 4 is 35.0 Å². The largest absolute Gasteiger partial charge is 0.459 e. The zero-order chi connectivity index (χ0) is 32.5. The van der Waals surface area contributed by atoms with E-state index >= 15 is 0 Å². The van der Waals surface area contributed by atoms with E-state index in [1.807, 2.05) is 0 Å². The first-order valence-electron chi connectivity index (χ1n) is 13.6. The Morgan fingerprint density at radius 3 is 2.38 bits per heavy atom. The molecule has 16 heteroatoms. The number of carbonyl (C=O) groups excluding carboxylic acids is 3. The molecular formula is C29H26F3N5O8. The molecule has 0 radical (unpaired) electrons. The second-order valence-electron chi connectivity index (χ2n) is 10.2. The van der Waals surface area contributed by atoms with Gasteiger partial charge in [-0.1, -0.05) is 30.3 Å². The van der Waals surface area contributed by atoms with Crippen molar-refractivity contribution in [3.63, 3.8) is 0 Å². The first kappa shape index (κ1) is 31.2. The molecule has 2 aromatic heterocycles. The standard InChI is InChI=1S/C29H26F3N5O8/c1-15(38)33-27-34-23-22(24(40)35-27)36(13-17-8-10-19(11-9-17)29(30,31)32)28(42)37(23)25-21(44-16(2)39)12-20(45-25)14-43-26(41)18-6-4-3-5-7-18/h3-11,20-21,25H,12-14H2,1-2H3,(H2,33,34,35,38,40)/t20-,21+,25?/m0/s1. The maximum absolute atomic E-state index is 13.9. The summed E-state index contributed by atoms with van der Waals surface area (Å²) >= 11 is 0. The molecule has 0 aliphatic carbocycles. The first-order chi connectivity index (χ1) is 21.3. The molecule has 236 valence electrons. The van der Waals surface area contributed by atoms with Crippen molar-refractivity contribution in [3.8, 4) is 0 Å². The average Bonchev–Trinajstić information content (AvgIpc) is 3.48. The second kappa shape index (κ2) is 12.4. The van der Waals surface area contributed by atoms with Crippen LogP contribution in [-0.2, 0) is 36.5 Å². The van der Waals surface area contributed by atoms with Crippen LogP contribution in [0.2, 0.25) is 0 Å². The van der Waals surface area contributed by atoms with Gasteiger partial charge in [0.15, 0.2) is 17.4 Å². The Labute approximate surface area is 251 Å². The summed E-state index contributed by atoms with van der Waals surface area (Å²) in [4.78, 5) is 70.0. The number of nitrogens with zero attached hydrogens (tertiary/aromatic N) is 3. The van der Waals surface area contributed by atoms with Gasteiger partial charge in [0.05, 0.1) is 23.8 Å². The number of nitrogens with one attached hydrogen (secondary N) is 2. The third-order valence-corrected chi connectivity index (χ3v) is 6.85. The molecule has 1 amide bonds. The van der Waals surface area contributed by atoms with Crippen molar-refractivity contribution in [1.82, 2.24) is 19.1 Å². The SMILES string of the molecule is CC(=O)Nc1nc2c(c(=O)[nH]1)n(Cc1ccc(C(F)(F)F)cc1)c(=O)n2C1O[C@H](COC(=O)c2ccccc2)C[C@H]1OC(C)=O. The van der Waals surface area contributed by atoms with Gasteiger partial charge < -0.3 is 14.2 Å². The maximum atomic E-state index is 13.9. The van der Waals surface area contributed by atoms with Crippen LogP contribution in [0.4, 0.5) is 19.1 Å². The van der Waals surface area contributed by atoms with Gasteiger partial charge in [-0.15, -0.1) is 0 Å². The lowest BCUT2D eigenvalue weighted by molar-refractivity contribution is -0.152. The summed E-state index contributed by atoms with van der Waals surface area (Å²) < 4.78 is 58.1. The van der Waals surface area contributed by atoms with Crippen LogP contribution in [0.3, 0.4) is 0 Å². The number of fused-ring (bicyclic) bond motifs is 1. The third-order valence-electron chi connectivity index (χ3n) is 6.85. The Kier molecular flexibility index (Phi) is 8.59. The third kappa shape index (κ3) is 6.80. The van der Waals surface area contributed by atoms with Gasteiger partial charge in [-0.2, -0.15) is 18.2 Å². The number of benzene rings is 2. The number of carbonyl (C=O) groups is 3. The van der Waals surface area contributed by atoms with Crippen LogP contribution in [0.15, 0.2) is 64.2 Å². The van der Waals surface area contributed by atoms with Gasteiger partial charge in [-0.05, 0) is 29.8 Å². The van der Waals surface area contributed by atoms with Crippen molar-refractivity contribution in [3.05, 3.63) is 92.1 Å². The number of hydrogen-bond acceptors (Lipinski definition) is 9. The van der Waals surface area contributed by atoms with Crippen molar-refractivity contribution in [2.45, 2.75) is 51.4 Å². The Hall–Kier alpha value is -5.25. The smallest absolute Gasteiger partial charge is 0.416 e. The summed E-state index contributed by atoms with van der Waals surface area (Å²) in [6.45, 7) is 1.71. The minimum Gasteiger partial charge on any atom is -0.459 e. The lowest BCUT2D eigenvalue weighted by atomic mass is 10.1. The summed E-state index contributed by atoms with van der Waals surface area (Å²) in [5, 5.41) is 2.33. The number of alkyl halides is 3. The molecule has 13 nitrogen and oxygen atoms in total. The molecule has 2 aromatic carbocycles. The number of aromatic amines is 1. The van der Waals surface area contributed by atoms with E-state index in [4.69, 9.17) is 14.2 Å². The van der Waals surface area contributed by atoms with E-state index in [1.54, 1.807) is 30.3 Å². The number of imidazole rings is 1. The fraction of sp³-hybridized carbons (Fsp3) is 0.310. The number of ether oxygens (including phenoxy) is 3. The number of esters is 2. The van der Waals surface area contributed by atoms with Crippen molar-refractivity contribution in [2.75, 3.05) is 11.9 Å². The molecule has 1 fully saturated rings. The molecule has 1 saturated heterocycles. The Balaban J connectivity index is 1.55. The molecule has 0 saturated carbocycles. The fourth-order valence-electron chi connectivity index (χ4n) is 4.96. The minimum absolute atomic E-state index is 0.00786. The van der Waals surface area contributed by atoms with Gasteiger partial charge in [0.2, 0.25) is 11.9 Å². The van der Waals surface area contributed by atoms with Gasteiger partial charge >= 0.3 is 23.8 Å². The van der Waals surface area contributed by atoms with Gasteiger partial charge in [0, 0.05) is 20.3 Å². The lowest BCUT2D eigenvalue weighted by Crippen LogP contribution is -2.34. The van der Waals surface area contributed by atoms with E-state index in [-0.39, 0.29) is 42.2 Å². The topological polar surface area (TPSA) is 164 Å². The van der Waals surface area contributed by atoms with Crippen LogP contribution in [0, 0.1) is 0 Å². The summed E-state index contributed by atoms with van der Waals surface area (Å²) in [6.07, 6.45) is -7.91. The molecule has 0 spiro atoms. The monoisotopic (exact) mass is 629 g/mol. The van der Waals surface area contributed by atoms with Gasteiger partial charge in [-0.3, -0.25) is 29.3 Å². The zero-order valence-corrected chi connectivity index (χ0v) is 23.8. The number of rotatable bonds is 8. The highest BCUT2D eigenvalue weighted by atomic mass is 19.4. The van der Waals surface area contributed by atoms with E-state index < -0.39 is 59.3 Å². The van der Waals surface area contributed by atoms with Gasteiger partial charge in [0.1, 0.15) is 12.7 Å². The highest BCUT2D eigenvalue weighted by molar-refractivity contribution is 5.89. The number of halogens is 3. The molecule has 5 rings (SSSR count). The Bertz CT molecular complexity index is 1870. The van der Waals surface area contributed by atoms with Crippen molar-refractivity contribution in [1.29, 1.82) is 0 Å². The first-order valence-corrected chi connectivity index (χ1v) is 13.6. The molecular weight excluding hydrogens is 603 g/mol. The minimum atomic E-state index is -4.58. The number of amides is 1. The summed E-state index contributed by atoms with van der Waals surface area (Å²) in [6, 6.07) is 12.2. The Morgan fingerprint density at radius 2 is 1.76 bits per heavy atom. The summed E-state index contributed by atoms with van der Waals surface area (Å²) in [7, 11) is 0. The number of aromatic nitrogens is 4. The summed E-state index contributed by atoms with van der Waals surface area (Å²) in [5.74, 6) is -2.21. The predicted octanol–water partition coefficient (Wildman–Crippen LogP) is 2.99. The predicted molar refractivity (Wildman–Crippen MR) is 150 cm³/mol. The molecule has 4 aromatic rings. The second-order valence-corrected chi connectivity index (χ2v) is 10.2. The maximum Gasteiger partial charge on any atom is 0.416 e. The van der Waals surface area contributed by atoms with E-state index in [9.17, 15) is 37.1 Å². The van der Waals surface area contributed by atoms with Crippen molar-refractivity contribution in [2.24, 2.45) is 0 Å². The highest BCUT2D eigenvalue weighted by Gasteiger charge is 2.42. The van der Waals surface area contributed by atoms with E-state index in [2.05, 4.69) is 15.3 Å². The number of hydrogen-bond donors (Lipinski definition) is 2. The van der Waals surface area contributed by atoms with Crippen LogP contribution in [-0.4, -0.2) is 55.8 Å². The van der Waals surface area contributed by atoms with E-state index in [0.29, 0.717) is 5.56 Å². The fourth-order valence-corrected chi connectivity index (χ4v) is 4.96. The van der Waals surface area contributed by atoms with Gasteiger partial charge in [-0.25, -0.2) is 14.2 Å². The lowest BCUT2D eigenvalue weighted by Gasteiger charge is -2.19. The van der Waals surface area contributed by atoms with Crippen LogP contribution in [0.25, 0.3) is 11.2 Å². The molecule has 1 unspecified atom stereocenters. The van der Waals surface area contributed by atoms with Gasteiger partial charge in [0.25, 0.3) is 5.56 Å². The molecule has 3 heterocycles. The van der Waals surface area contributed by atoms with Crippen LogP contribution < -0.4 is 16.6 Å². The van der Waals surface area contributed by atoms with E-state index in [1.165, 1.54) is 6.92 Å². The van der Waals surface area contributed by atoms with Crippen molar-refractivity contribution < 1.29 is 41.8 Å². The quantitative estimate of drug-likeness (QED) is 0.279. The molecule has 45 heavy (non-hydrogen) atoms. The average molecular weight is 630 g/mol. The molecule has 2 N–H and O–H groups in total. The normalized spacial score (nSPS) is 18.1.